The van der Waals surface area contributed by atoms with Crippen LogP contribution in [-0.2, 0) is 23.7 Å². The van der Waals surface area contributed by atoms with Crippen molar-refractivity contribution < 1.29 is 23.7 Å². The predicted molar refractivity (Wildman–Crippen MR) is 62.0 cm³/mol. The molecule has 1 aliphatic rings. The first-order chi connectivity index (χ1) is 8.23. The summed E-state index contributed by atoms with van der Waals surface area (Å²) in [5.74, 6) is 0. The molecule has 6 heteroatoms. The molecule has 0 aromatic heterocycles. The fourth-order valence-electron chi connectivity index (χ4n) is 2.32. The van der Waals surface area contributed by atoms with Gasteiger partial charge in [0.2, 0.25) is 0 Å². The van der Waals surface area contributed by atoms with Gasteiger partial charge >= 0.3 is 0 Å². The minimum atomic E-state index is -0.233. The SMILES string of the molecule is COCC1OC(CN)C(OC)C(OC)C1OC. The van der Waals surface area contributed by atoms with Crippen LogP contribution >= 0.6 is 0 Å². The average molecular weight is 249 g/mol. The maximum atomic E-state index is 5.84. The lowest BCUT2D eigenvalue weighted by atomic mass is 9.94. The molecule has 0 aromatic rings. The molecule has 6 nitrogen and oxygen atoms in total. The van der Waals surface area contributed by atoms with Crippen LogP contribution < -0.4 is 5.73 Å². The summed E-state index contributed by atoms with van der Waals surface area (Å²) in [4.78, 5) is 0. The normalized spacial score (nSPS) is 38.3. The molecule has 0 radical (unpaired) electrons. The Kier molecular flexibility index (Phi) is 6.32. The Morgan fingerprint density at radius 1 is 0.882 bits per heavy atom. The lowest BCUT2D eigenvalue weighted by molar-refractivity contribution is -0.246. The van der Waals surface area contributed by atoms with Crippen molar-refractivity contribution >= 4 is 0 Å². The standard InChI is InChI=1S/C11H23NO5/c1-13-6-8-10(15-3)11(16-4)9(14-2)7(5-12)17-8/h7-11H,5-6,12H2,1-4H3. The summed E-state index contributed by atoms with van der Waals surface area (Å²) in [5, 5.41) is 0. The lowest BCUT2D eigenvalue weighted by Gasteiger charge is -2.44. The van der Waals surface area contributed by atoms with Crippen LogP contribution in [0.1, 0.15) is 0 Å². The van der Waals surface area contributed by atoms with Gasteiger partial charge in [-0.25, -0.2) is 0 Å². The molecule has 0 aromatic carbocycles. The maximum absolute atomic E-state index is 5.84. The van der Waals surface area contributed by atoms with E-state index in [2.05, 4.69) is 0 Å². The van der Waals surface area contributed by atoms with Crippen molar-refractivity contribution in [3.8, 4) is 0 Å². The zero-order valence-electron chi connectivity index (χ0n) is 10.9. The zero-order valence-corrected chi connectivity index (χ0v) is 10.9. The van der Waals surface area contributed by atoms with Gasteiger partial charge in [-0.05, 0) is 0 Å². The van der Waals surface area contributed by atoms with Gasteiger partial charge in [0, 0.05) is 35.0 Å². The molecule has 5 atom stereocenters. The van der Waals surface area contributed by atoms with Gasteiger partial charge in [-0.15, -0.1) is 0 Å². The van der Waals surface area contributed by atoms with Gasteiger partial charge in [0.25, 0.3) is 0 Å². The van der Waals surface area contributed by atoms with E-state index in [1.165, 1.54) is 0 Å². The largest absolute Gasteiger partial charge is 0.382 e. The summed E-state index contributed by atoms with van der Waals surface area (Å²) < 4.78 is 27.3. The molecule has 1 heterocycles. The number of hydrogen-bond donors (Lipinski definition) is 1. The maximum Gasteiger partial charge on any atom is 0.115 e. The first-order valence-electron chi connectivity index (χ1n) is 5.66. The predicted octanol–water partition coefficient (Wildman–Crippen LogP) is -0.596. The molecule has 1 aliphatic heterocycles. The highest BCUT2D eigenvalue weighted by atomic mass is 16.6. The Morgan fingerprint density at radius 2 is 1.41 bits per heavy atom. The summed E-state index contributed by atoms with van der Waals surface area (Å²) in [7, 11) is 6.49. The van der Waals surface area contributed by atoms with Crippen LogP contribution in [0.5, 0.6) is 0 Å². The molecule has 0 amide bonds. The van der Waals surface area contributed by atoms with Crippen LogP contribution in [0.15, 0.2) is 0 Å². The molecule has 1 saturated heterocycles. The van der Waals surface area contributed by atoms with E-state index in [4.69, 9.17) is 29.4 Å². The Labute approximate surface area is 102 Å². The Morgan fingerprint density at radius 3 is 1.82 bits per heavy atom. The van der Waals surface area contributed by atoms with Crippen molar-refractivity contribution in [2.24, 2.45) is 5.73 Å². The highest BCUT2D eigenvalue weighted by Gasteiger charge is 2.46. The molecular formula is C11H23NO5. The Hall–Kier alpha value is -0.240. The van der Waals surface area contributed by atoms with E-state index < -0.39 is 0 Å². The van der Waals surface area contributed by atoms with Crippen LogP contribution in [0.25, 0.3) is 0 Å². The van der Waals surface area contributed by atoms with E-state index in [0.29, 0.717) is 13.2 Å². The first-order valence-corrected chi connectivity index (χ1v) is 5.66. The number of ether oxygens (including phenoxy) is 5. The summed E-state index contributed by atoms with van der Waals surface area (Å²) in [6.07, 6.45) is -1.09. The van der Waals surface area contributed by atoms with Gasteiger partial charge in [-0.3, -0.25) is 0 Å². The third-order valence-corrected chi connectivity index (χ3v) is 3.11. The fourth-order valence-corrected chi connectivity index (χ4v) is 2.32. The molecule has 102 valence electrons. The van der Waals surface area contributed by atoms with Gasteiger partial charge in [-0.1, -0.05) is 0 Å². The molecule has 0 aliphatic carbocycles. The first kappa shape index (κ1) is 14.8. The molecule has 1 fully saturated rings. The molecular weight excluding hydrogens is 226 g/mol. The lowest BCUT2D eigenvalue weighted by Crippen LogP contribution is -2.62. The molecule has 5 unspecified atom stereocenters. The second kappa shape index (κ2) is 7.25. The second-order valence-corrected chi connectivity index (χ2v) is 4.00. The van der Waals surface area contributed by atoms with Crippen molar-refractivity contribution in [1.29, 1.82) is 0 Å². The van der Waals surface area contributed by atoms with E-state index in [0.717, 1.165) is 0 Å². The minimum absolute atomic E-state index is 0.199. The summed E-state index contributed by atoms with van der Waals surface area (Å²) >= 11 is 0. The molecule has 0 spiro atoms. The second-order valence-electron chi connectivity index (χ2n) is 4.00. The van der Waals surface area contributed by atoms with Crippen LogP contribution in [0.3, 0.4) is 0 Å². The van der Waals surface area contributed by atoms with Crippen LogP contribution in [0.4, 0.5) is 0 Å². The zero-order chi connectivity index (χ0) is 12.8. The summed E-state index contributed by atoms with van der Waals surface area (Å²) in [6.45, 7) is 0.806. The van der Waals surface area contributed by atoms with Gasteiger partial charge < -0.3 is 29.4 Å². The quantitative estimate of drug-likeness (QED) is 0.678. The van der Waals surface area contributed by atoms with Gasteiger partial charge in [0.15, 0.2) is 0 Å². The monoisotopic (exact) mass is 249 g/mol. The van der Waals surface area contributed by atoms with Crippen molar-refractivity contribution in [3.63, 3.8) is 0 Å². The van der Waals surface area contributed by atoms with E-state index in [1.807, 2.05) is 0 Å². The summed E-state index contributed by atoms with van der Waals surface area (Å²) in [5.41, 5.74) is 5.69. The number of nitrogens with two attached hydrogens (primary N) is 1. The van der Waals surface area contributed by atoms with E-state index >= 15 is 0 Å². The highest BCUT2D eigenvalue weighted by Crippen LogP contribution is 2.26. The number of hydrogen-bond acceptors (Lipinski definition) is 6. The van der Waals surface area contributed by atoms with Crippen LogP contribution in [-0.4, -0.2) is 72.1 Å². The Bertz CT molecular complexity index is 216. The van der Waals surface area contributed by atoms with Gasteiger partial charge in [0.05, 0.1) is 12.7 Å². The van der Waals surface area contributed by atoms with Crippen molar-refractivity contribution in [2.45, 2.75) is 30.5 Å². The van der Waals surface area contributed by atoms with E-state index in [9.17, 15) is 0 Å². The smallest absolute Gasteiger partial charge is 0.115 e. The Balaban J connectivity index is 2.84. The molecule has 1 rings (SSSR count). The van der Waals surface area contributed by atoms with E-state index in [-0.39, 0.29) is 30.5 Å². The van der Waals surface area contributed by atoms with Crippen molar-refractivity contribution in [2.75, 3.05) is 41.6 Å². The molecule has 0 saturated carbocycles. The van der Waals surface area contributed by atoms with Crippen LogP contribution in [0, 0.1) is 0 Å². The highest BCUT2D eigenvalue weighted by molar-refractivity contribution is 4.95. The average Bonchev–Trinajstić information content (AvgIpc) is 2.37. The van der Waals surface area contributed by atoms with Gasteiger partial charge in [0.1, 0.15) is 24.4 Å². The molecule has 17 heavy (non-hydrogen) atoms. The van der Waals surface area contributed by atoms with E-state index in [1.54, 1.807) is 28.4 Å². The van der Waals surface area contributed by atoms with Crippen molar-refractivity contribution in [3.05, 3.63) is 0 Å². The molecule has 0 bridgehead atoms. The fraction of sp³-hybridized carbons (Fsp3) is 1.00. The van der Waals surface area contributed by atoms with Crippen LogP contribution in [0.2, 0.25) is 0 Å². The van der Waals surface area contributed by atoms with Gasteiger partial charge in [-0.2, -0.15) is 0 Å². The number of methoxy groups -OCH3 is 4. The topological polar surface area (TPSA) is 72.2 Å². The van der Waals surface area contributed by atoms with Crippen molar-refractivity contribution in [1.82, 2.24) is 0 Å². The molecule has 2 N–H and O–H groups in total. The third kappa shape index (κ3) is 3.15. The summed E-state index contributed by atoms with van der Waals surface area (Å²) in [6, 6.07) is 0. The minimum Gasteiger partial charge on any atom is -0.382 e. The number of rotatable bonds is 6. The third-order valence-electron chi connectivity index (χ3n) is 3.11.